The third kappa shape index (κ3) is 3.74. The molecule has 0 unspecified atom stereocenters. The van der Waals surface area contributed by atoms with Crippen LogP contribution in [0, 0.1) is 0 Å². The molecular weight excluding hydrogens is 366 g/mol. The Morgan fingerprint density at radius 3 is 2.62 bits per heavy atom. The first kappa shape index (κ1) is 18.8. The van der Waals surface area contributed by atoms with Gasteiger partial charge < -0.3 is 19.7 Å². The molecule has 0 aliphatic carbocycles. The molecule has 0 saturated carbocycles. The number of aromatic nitrogens is 1. The number of amides is 1. The van der Waals surface area contributed by atoms with E-state index in [-0.39, 0.29) is 12.1 Å². The van der Waals surface area contributed by atoms with Crippen molar-refractivity contribution < 1.29 is 14.3 Å². The molecule has 0 radical (unpaired) electrons. The number of fused-ring (bicyclic) bond motifs is 1. The summed E-state index contributed by atoms with van der Waals surface area (Å²) in [5.74, 6) is 1.48. The molecule has 0 saturated heterocycles. The quantitative estimate of drug-likeness (QED) is 0.654. The number of pyridine rings is 1. The lowest BCUT2D eigenvalue weighted by Crippen LogP contribution is -2.32. The summed E-state index contributed by atoms with van der Waals surface area (Å²) in [6.45, 7) is 2.96. The maximum absolute atomic E-state index is 13.1. The fourth-order valence-electron chi connectivity index (χ4n) is 3.49. The fraction of sp³-hybridized carbons (Fsp3) is 0.217. The van der Waals surface area contributed by atoms with Gasteiger partial charge in [-0.25, -0.2) is 0 Å². The second-order valence-corrected chi connectivity index (χ2v) is 6.69. The standard InChI is InChI=1S/C23H23N3O3/c1-3-29-20-9-5-4-8-19(20)25-22-21-18(7-6-14-24-21)23(27)26(22)15-16-10-12-17(28-2)13-11-16/h4-14,22,25H,3,15H2,1-2H3/t22-/m0/s1. The number of nitrogens with zero attached hydrogens (tertiary/aromatic N) is 2. The van der Waals surface area contributed by atoms with Crippen molar-refractivity contribution >= 4 is 11.6 Å². The SMILES string of the molecule is CCOc1ccccc1N[C@@H]1c2ncccc2C(=O)N1Cc1ccc(OC)cc1. The minimum atomic E-state index is -0.387. The van der Waals surface area contributed by atoms with Crippen LogP contribution in [0.15, 0.2) is 66.9 Å². The lowest BCUT2D eigenvalue weighted by Gasteiger charge is -2.27. The summed E-state index contributed by atoms with van der Waals surface area (Å²) in [5, 5.41) is 3.47. The van der Waals surface area contributed by atoms with Gasteiger partial charge in [0.25, 0.3) is 5.91 Å². The predicted molar refractivity (Wildman–Crippen MR) is 111 cm³/mol. The average molecular weight is 389 g/mol. The van der Waals surface area contributed by atoms with Crippen molar-refractivity contribution in [3.8, 4) is 11.5 Å². The van der Waals surface area contributed by atoms with E-state index in [1.807, 2.05) is 61.5 Å². The Kier molecular flexibility index (Phi) is 5.33. The molecule has 3 aromatic rings. The van der Waals surface area contributed by atoms with Gasteiger partial charge in [-0.2, -0.15) is 0 Å². The molecule has 6 heteroatoms. The van der Waals surface area contributed by atoms with Crippen molar-refractivity contribution in [2.45, 2.75) is 19.6 Å². The summed E-state index contributed by atoms with van der Waals surface area (Å²) in [7, 11) is 1.64. The highest BCUT2D eigenvalue weighted by Crippen LogP contribution is 2.36. The highest BCUT2D eigenvalue weighted by molar-refractivity contribution is 5.99. The molecule has 29 heavy (non-hydrogen) atoms. The van der Waals surface area contributed by atoms with Crippen LogP contribution in [0.2, 0.25) is 0 Å². The molecule has 1 atom stereocenters. The van der Waals surface area contributed by atoms with Gasteiger partial charge in [0, 0.05) is 12.7 Å². The second kappa shape index (κ2) is 8.22. The van der Waals surface area contributed by atoms with Gasteiger partial charge in [-0.1, -0.05) is 24.3 Å². The zero-order valence-corrected chi connectivity index (χ0v) is 16.5. The second-order valence-electron chi connectivity index (χ2n) is 6.69. The molecular formula is C23H23N3O3. The first-order valence-electron chi connectivity index (χ1n) is 9.58. The van der Waals surface area contributed by atoms with Crippen LogP contribution in [0.1, 0.15) is 34.7 Å². The van der Waals surface area contributed by atoms with Gasteiger partial charge >= 0.3 is 0 Å². The van der Waals surface area contributed by atoms with Crippen LogP contribution in [-0.4, -0.2) is 29.5 Å². The van der Waals surface area contributed by atoms with E-state index in [0.717, 1.165) is 28.4 Å². The zero-order valence-electron chi connectivity index (χ0n) is 16.5. The van der Waals surface area contributed by atoms with Gasteiger partial charge in [0.1, 0.15) is 17.7 Å². The molecule has 1 aliphatic heterocycles. The molecule has 0 spiro atoms. The van der Waals surface area contributed by atoms with Crippen LogP contribution in [-0.2, 0) is 6.54 Å². The number of hydrogen-bond donors (Lipinski definition) is 1. The fourth-order valence-corrected chi connectivity index (χ4v) is 3.49. The van der Waals surface area contributed by atoms with Crippen molar-refractivity contribution in [1.29, 1.82) is 0 Å². The maximum Gasteiger partial charge on any atom is 0.258 e. The number of anilines is 1. The number of nitrogens with one attached hydrogen (secondary N) is 1. The average Bonchev–Trinajstić information content (AvgIpc) is 3.02. The first-order valence-corrected chi connectivity index (χ1v) is 9.58. The number of para-hydroxylation sites is 2. The normalized spacial score (nSPS) is 15.2. The van der Waals surface area contributed by atoms with Crippen LogP contribution in [0.25, 0.3) is 0 Å². The summed E-state index contributed by atoms with van der Waals surface area (Å²) < 4.78 is 11.0. The number of ether oxygens (including phenoxy) is 2. The van der Waals surface area contributed by atoms with Gasteiger partial charge in [-0.3, -0.25) is 9.78 Å². The highest BCUT2D eigenvalue weighted by atomic mass is 16.5. The predicted octanol–water partition coefficient (Wildman–Crippen LogP) is 4.26. The van der Waals surface area contributed by atoms with E-state index in [9.17, 15) is 4.79 Å². The molecule has 148 valence electrons. The Hall–Kier alpha value is -3.54. The number of carbonyl (C=O) groups is 1. The molecule has 0 fully saturated rings. The van der Waals surface area contributed by atoms with Crippen LogP contribution >= 0.6 is 0 Å². The summed E-state index contributed by atoms with van der Waals surface area (Å²) in [6.07, 6.45) is 1.33. The van der Waals surface area contributed by atoms with Gasteiger partial charge in [0.15, 0.2) is 0 Å². The van der Waals surface area contributed by atoms with Crippen molar-refractivity contribution in [1.82, 2.24) is 9.88 Å². The Morgan fingerprint density at radius 2 is 1.86 bits per heavy atom. The number of benzene rings is 2. The zero-order chi connectivity index (χ0) is 20.2. The van der Waals surface area contributed by atoms with Gasteiger partial charge in [0.05, 0.1) is 30.7 Å². The van der Waals surface area contributed by atoms with E-state index >= 15 is 0 Å². The molecule has 6 nitrogen and oxygen atoms in total. The van der Waals surface area contributed by atoms with Crippen molar-refractivity contribution in [2.24, 2.45) is 0 Å². The van der Waals surface area contributed by atoms with E-state index < -0.39 is 0 Å². The van der Waals surface area contributed by atoms with Gasteiger partial charge in [-0.15, -0.1) is 0 Å². The molecule has 1 amide bonds. The van der Waals surface area contributed by atoms with Crippen LogP contribution < -0.4 is 14.8 Å². The molecule has 1 aromatic heterocycles. The Bertz CT molecular complexity index is 1000. The topological polar surface area (TPSA) is 63.7 Å². The first-order chi connectivity index (χ1) is 14.2. The molecule has 2 aromatic carbocycles. The summed E-state index contributed by atoms with van der Waals surface area (Å²) >= 11 is 0. The van der Waals surface area contributed by atoms with Crippen molar-refractivity contribution in [2.75, 3.05) is 19.0 Å². The van der Waals surface area contributed by atoms with E-state index in [1.54, 1.807) is 24.3 Å². The summed E-state index contributed by atoms with van der Waals surface area (Å²) in [4.78, 5) is 19.4. The number of carbonyl (C=O) groups excluding carboxylic acids is 1. The lowest BCUT2D eigenvalue weighted by atomic mass is 10.2. The smallest absolute Gasteiger partial charge is 0.258 e. The molecule has 1 N–H and O–H groups in total. The Labute approximate surface area is 170 Å². The van der Waals surface area contributed by atoms with E-state index in [4.69, 9.17) is 9.47 Å². The monoisotopic (exact) mass is 389 g/mol. The summed E-state index contributed by atoms with van der Waals surface area (Å²) in [6, 6.07) is 19.1. The third-order valence-corrected chi connectivity index (χ3v) is 4.89. The third-order valence-electron chi connectivity index (χ3n) is 4.89. The van der Waals surface area contributed by atoms with Gasteiger partial charge in [-0.05, 0) is 48.9 Å². The van der Waals surface area contributed by atoms with Crippen molar-refractivity contribution in [3.63, 3.8) is 0 Å². The molecule has 4 rings (SSSR count). The van der Waals surface area contributed by atoms with E-state index in [0.29, 0.717) is 18.7 Å². The Balaban J connectivity index is 1.67. The minimum absolute atomic E-state index is 0.0460. The van der Waals surface area contributed by atoms with Crippen LogP contribution in [0.3, 0.4) is 0 Å². The highest BCUT2D eigenvalue weighted by Gasteiger charge is 2.38. The number of hydrogen-bond acceptors (Lipinski definition) is 5. The van der Waals surface area contributed by atoms with Gasteiger partial charge in [0.2, 0.25) is 0 Å². The lowest BCUT2D eigenvalue weighted by molar-refractivity contribution is 0.0727. The van der Waals surface area contributed by atoms with E-state index in [2.05, 4.69) is 10.3 Å². The number of rotatable bonds is 7. The van der Waals surface area contributed by atoms with E-state index in [1.165, 1.54) is 0 Å². The van der Waals surface area contributed by atoms with Crippen LogP contribution in [0.4, 0.5) is 5.69 Å². The Morgan fingerprint density at radius 1 is 1.07 bits per heavy atom. The molecule has 0 bridgehead atoms. The molecule has 2 heterocycles. The summed E-state index contributed by atoms with van der Waals surface area (Å²) in [5.41, 5.74) is 3.17. The van der Waals surface area contributed by atoms with Crippen LogP contribution in [0.5, 0.6) is 11.5 Å². The largest absolute Gasteiger partial charge is 0.497 e. The minimum Gasteiger partial charge on any atom is -0.497 e. The molecule has 1 aliphatic rings. The number of methoxy groups -OCH3 is 1. The van der Waals surface area contributed by atoms with Crippen molar-refractivity contribution in [3.05, 3.63) is 83.7 Å². The maximum atomic E-state index is 13.1.